The molecule has 0 spiro atoms. The number of nitrogens with zero attached hydrogens (tertiary/aromatic N) is 2. The fourth-order valence-electron chi connectivity index (χ4n) is 2.41. The lowest BCUT2D eigenvalue weighted by molar-refractivity contribution is -0.384. The molecule has 0 saturated carbocycles. The molecule has 1 heterocycles. The zero-order valence-corrected chi connectivity index (χ0v) is 14.4. The van der Waals surface area contributed by atoms with Crippen molar-refractivity contribution in [1.82, 2.24) is 4.31 Å². The van der Waals surface area contributed by atoms with Crippen LogP contribution in [-0.4, -0.2) is 24.3 Å². The van der Waals surface area contributed by atoms with E-state index in [-0.39, 0.29) is 28.8 Å². The van der Waals surface area contributed by atoms with Gasteiger partial charge in [0.15, 0.2) is 0 Å². The second-order valence-electron chi connectivity index (χ2n) is 5.14. The van der Waals surface area contributed by atoms with E-state index >= 15 is 0 Å². The lowest BCUT2D eigenvalue weighted by atomic mass is 10.2. The second-order valence-corrected chi connectivity index (χ2v) is 7.86. The number of hydrogen-bond acceptors (Lipinski definition) is 5. The van der Waals surface area contributed by atoms with Crippen LogP contribution in [0, 0.1) is 10.1 Å². The van der Waals surface area contributed by atoms with Crippen molar-refractivity contribution in [3.05, 3.63) is 62.1 Å². The van der Waals surface area contributed by atoms with E-state index in [0.717, 1.165) is 0 Å². The molecule has 0 aromatic heterocycles. The molecular formula is C14H11Cl2N3O4S. The fraction of sp³-hybridized carbons (Fsp3) is 0.143. The Morgan fingerprint density at radius 2 is 1.88 bits per heavy atom. The van der Waals surface area contributed by atoms with Crippen LogP contribution in [0.25, 0.3) is 0 Å². The minimum Gasteiger partial charge on any atom is -0.370 e. The number of hydrogen-bond donors (Lipinski definition) is 1. The number of halogens is 2. The van der Waals surface area contributed by atoms with Gasteiger partial charge in [-0.3, -0.25) is 10.1 Å². The van der Waals surface area contributed by atoms with E-state index in [1.807, 2.05) is 0 Å². The Morgan fingerprint density at radius 3 is 2.50 bits per heavy atom. The van der Waals surface area contributed by atoms with Gasteiger partial charge in [0.25, 0.3) is 5.69 Å². The Bertz CT molecular complexity index is 916. The minimum atomic E-state index is -3.81. The van der Waals surface area contributed by atoms with Gasteiger partial charge in [-0.05, 0) is 17.7 Å². The van der Waals surface area contributed by atoms with Crippen molar-refractivity contribution in [3.8, 4) is 0 Å². The molecule has 0 aliphatic carbocycles. The maximum Gasteiger partial charge on any atom is 0.269 e. The fourth-order valence-corrected chi connectivity index (χ4v) is 4.72. The Morgan fingerprint density at radius 1 is 1.21 bits per heavy atom. The van der Waals surface area contributed by atoms with Crippen LogP contribution in [0.2, 0.25) is 10.0 Å². The van der Waals surface area contributed by atoms with Gasteiger partial charge in [0.05, 0.1) is 22.3 Å². The molecule has 1 N–H and O–H groups in total. The Hall–Kier alpha value is -1.87. The Kier molecular flexibility index (Phi) is 4.39. The number of nitro groups is 1. The van der Waals surface area contributed by atoms with Gasteiger partial charge in [-0.1, -0.05) is 35.3 Å². The number of nitro benzene ring substituents is 1. The highest BCUT2D eigenvalue weighted by molar-refractivity contribution is 7.89. The maximum absolute atomic E-state index is 12.8. The van der Waals surface area contributed by atoms with Gasteiger partial charge < -0.3 is 5.32 Å². The Labute approximate surface area is 148 Å². The van der Waals surface area contributed by atoms with Crippen molar-refractivity contribution >= 4 is 44.6 Å². The highest BCUT2D eigenvalue weighted by Gasteiger charge is 2.34. The molecule has 0 radical (unpaired) electrons. The van der Waals surface area contributed by atoms with Crippen LogP contribution in [0.3, 0.4) is 0 Å². The van der Waals surface area contributed by atoms with Gasteiger partial charge in [0.1, 0.15) is 4.90 Å². The molecule has 1 aliphatic rings. The molecular weight excluding hydrogens is 377 g/mol. The summed E-state index contributed by atoms with van der Waals surface area (Å²) < 4.78 is 26.7. The lowest BCUT2D eigenvalue weighted by Gasteiger charge is -2.30. The molecule has 24 heavy (non-hydrogen) atoms. The molecule has 0 fully saturated rings. The van der Waals surface area contributed by atoms with Gasteiger partial charge in [0.2, 0.25) is 10.0 Å². The third-order valence-electron chi connectivity index (χ3n) is 3.56. The summed E-state index contributed by atoms with van der Waals surface area (Å²) in [4.78, 5) is 10.1. The first-order valence-electron chi connectivity index (χ1n) is 6.75. The molecule has 2 aromatic rings. The number of rotatable bonds is 3. The van der Waals surface area contributed by atoms with Crippen molar-refractivity contribution in [3.63, 3.8) is 0 Å². The first-order chi connectivity index (χ1) is 11.3. The maximum atomic E-state index is 12.8. The largest absolute Gasteiger partial charge is 0.370 e. The van der Waals surface area contributed by atoms with Crippen molar-refractivity contribution in [1.29, 1.82) is 0 Å². The van der Waals surface area contributed by atoms with Gasteiger partial charge in [-0.15, -0.1) is 0 Å². The summed E-state index contributed by atoms with van der Waals surface area (Å²) in [6, 6.07) is 8.58. The van der Waals surface area contributed by atoms with Gasteiger partial charge in [-0.2, -0.15) is 4.31 Å². The summed E-state index contributed by atoms with van der Waals surface area (Å²) in [5.41, 5.74) is 0.924. The molecule has 10 heteroatoms. The summed E-state index contributed by atoms with van der Waals surface area (Å²) >= 11 is 11.9. The van der Waals surface area contributed by atoms with Crippen molar-refractivity contribution < 1.29 is 13.3 Å². The zero-order chi connectivity index (χ0) is 17.5. The van der Waals surface area contributed by atoms with E-state index in [1.165, 1.54) is 40.7 Å². The number of sulfonamides is 1. The van der Waals surface area contributed by atoms with Crippen LogP contribution in [0.4, 0.5) is 11.4 Å². The molecule has 1 aliphatic heterocycles. The van der Waals surface area contributed by atoms with Gasteiger partial charge in [0, 0.05) is 23.7 Å². The molecule has 126 valence electrons. The van der Waals surface area contributed by atoms with Crippen molar-refractivity contribution in [2.45, 2.75) is 11.4 Å². The monoisotopic (exact) mass is 387 g/mol. The van der Waals surface area contributed by atoms with E-state index in [4.69, 9.17) is 23.2 Å². The number of fused-ring (bicyclic) bond motifs is 1. The van der Waals surface area contributed by atoms with Crippen molar-refractivity contribution in [2.24, 2.45) is 0 Å². The molecule has 7 nitrogen and oxygen atoms in total. The molecule has 0 amide bonds. The van der Waals surface area contributed by atoms with Crippen LogP contribution < -0.4 is 5.32 Å². The summed E-state index contributed by atoms with van der Waals surface area (Å²) in [6.45, 7) is 0.106. The third kappa shape index (κ3) is 3.05. The van der Waals surface area contributed by atoms with Gasteiger partial charge >= 0.3 is 0 Å². The molecule has 2 aromatic carbocycles. The quantitative estimate of drug-likeness (QED) is 0.642. The van der Waals surface area contributed by atoms with Crippen LogP contribution in [-0.2, 0) is 16.6 Å². The second kappa shape index (κ2) is 6.21. The topological polar surface area (TPSA) is 92.6 Å². The molecule has 0 saturated heterocycles. The average molecular weight is 388 g/mol. The van der Waals surface area contributed by atoms with Crippen LogP contribution >= 0.6 is 23.2 Å². The smallest absolute Gasteiger partial charge is 0.269 e. The van der Waals surface area contributed by atoms with Crippen molar-refractivity contribution in [2.75, 3.05) is 12.0 Å². The minimum absolute atomic E-state index is 0.0262. The SMILES string of the molecule is O=[N+]([O-])c1ccc(CN2CNc3cc(Cl)cc(Cl)c3S2(=O)=O)cc1. The Balaban J connectivity index is 1.92. The van der Waals surface area contributed by atoms with Gasteiger partial charge in [-0.25, -0.2) is 8.42 Å². The average Bonchev–Trinajstić information content (AvgIpc) is 2.49. The number of non-ortho nitro benzene ring substituents is 1. The normalized spacial score (nSPS) is 16.2. The van der Waals surface area contributed by atoms with E-state index in [2.05, 4.69) is 5.32 Å². The van der Waals surface area contributed by atoms with E-state index < -0.39 is 14.9 Å². The molecule has 0 atom stereocenters. The summed E-state index contributed by atoms with van der Waals surface area (Å²) in [5, 5.41) is 14.0. The highest BCUT2D eigenvalue weighted by atomic mass is 35.5. The van der Waals surface area contributed by atoms with Crippen LogP contribution in [0.5, 0.6) is 0 Å². The zero-order valence-electron chi connectivity index (χ0n) is 12.1. The number of benzene rings is 2. The third-order valence-corrected chi connectivity index (χ3v) is 6.08. The number of nitrogens with one attached hydrogen (secondary N) is 1. The van der Waals surface area contributed by atoms with Crippen LogP contribution in [0.15, 0.2) is 41.3 Å². The van der Waals surface area contributed by atoms with E-state index in [1.54, 1.807) is 0 Å². The summed E-state index contributed by atoms with van der Waals surface area (Å²) in [6.07, 6.45) is 0. The van der Waals surface area contributed by atoms with E-state index in [0.29, 0.717) is 16.3 Å². The summed E-state index contributed by atoms with van der Waals surface area (Å²) in [5.74, 6) is 0. The summed E-state index contributed by atoms with van der Waals surface area (Å²) in [7, 11) is -3.81. The molecule has 3 rings (SSSR count). The van der Waals surface area contributed by atoms with E-state index in [9.17, 15) is 18.5 Å². The predicted molar refractivity (Wildman–Crippen MR) is 90.8 cm³/mol. The molecule has 0 unspecified atom stereocenters. The highest BCUT2D eigenvalue weighted by Crippen LogP contribution is 2.38. The molecule has 0 bridgehead atoms. The first kappa shape index (κ1) is 17.0. The standard InChI is InChI=1S/C14H11Cl2N3O4S/c15-10-5-12(16)14-13(6-10)17-8-18(24(14,22)23)7-9-1-3-11(4-2-9)19(20)21/h1-6,17H,7-8H2. The first-order valence-corrected chi connectivity index (χ1v) is 8.95. The van der Waals surface area contributed by atoms with Crippen LogP contribution in [0.1, 0.15) is 5.56 Å². The lowest BCUT2D eigenvalue weighted by Crippen LogP contribution is -2.39. The predicted octanol–water partition coefficient (Wildman–Crippen LogP) is 3.48. The number of anilines is 1.